The van der Waals surface area contributed by atoms with Crippen molar-refractivity contribution in [3.63, 3.8) is 0 Å². The number of hydrogen-bond acceptors (Lipinski definition) is 2. The number of unbranched alkanes of at least 4 members (excludes halogenated alkanes) is 1. The highest BCUT2D eigenvalue weighted by Gasteiger charge is 2.40. The number of benzene rings is 1. The molecule has 0 aromatic heterocycles. The van der Waals surface area contributed by atoms with Crippen molar-refractivity contribution in [2.24, 2.45) is 0 Å². The van der Waals surface area contributed by atoms with Gasteiger partial charge < -0.3 is 9.74 Å². The van der Waals surface area contributed by atoms with Crippen molar-refractivity contribution in [1.82, 2.24) is 5.32 Å². The minimum absolute atomic E-state index is 0.0456. The molecule has 1 amide bonds. The van der Waals surface area contributed by atoms with Crippen LogP contribution in [0.4, 0.5) is 0 Å². The standard InChI is InChI=1S/C20H35NO2Si/c1-7-8-16-21-19(22)18(23-24(5,6)20(2,3)4)15-14-17-12-10-9-11-13-17/h9-13,18H,7-8,14-16H2,1-6H3,(H,21,22). The summed E-state index contributed by atoms with van der Waals surface area (Å²) in [6.45, 7) is 13.9. The van der Waals surface area contributed by atoms with Crippen LogP contribution in [-0.4, -0.2) is 26.9 Å². The second-order valence-electron chi connectivity index (χ2n) is 8.04. The van der Waals surface area contributed by atoms with E-state index in [1.54, 1.807) is 0 Å². The normalized spacial score (nSPS) is 13.6. The molecule has 1 rings (SSSR count). The Morgan fingerprint density at radius 2 is 1.83 bits per heavy atom. The van der Waals surface area contributed by atoms with E-state index >= 15 is 0 Å². The quantitative estimate of drug-likeness (QED) is 0.507. The minimum Gasteiger partial charge on any atom is -0.405 e. The van der Waals surface area contributed by atoms with Crippen LogP contribution in [-0.2, 0) is 15.6 Å². The maximum atomic E-state index is 12.6. The molecule has 0 aliphatic carbocycles. The third kappa shape index (κ3) is 6.77. The Morgan fingerprint density at radius 1 is 1.21 bits per heavy atom. The van der Waals surface area contributed by atoms with Crippen LogP contribution in [0.3, 0.4) is 0 Å². The van der Waals surface area contributed by atoms with Crippen molar-refractivity contribution < 1.29 is 9.22 Å². The molecule has 0 spiro atoms. The highest BCUT2D eigenvalue weighted by atomic mass is 28.4. The van der Waals surface area contributed by atoms with E-state index in [0.717, 1.165) is 32.2 Å². The first kappa shape index (κ1) is 20.9. The van der Waals surface area contributed by atoms with Gasteiger partial charge in [0, 0.05) is 6.54 Å². The SMILES string of the molecule is CCCCNC(=O)C(CCc1ccccc1)O[Si](C)(C)C(C)(C)C. The van der Waals surface area contributed by atoms with E-state index in [1.807, 2.05) is 18.2 Å². The van der Waals surface area contributed by atoms with Gasteiger partial charge in [-0.05, 0) is 43.0 Å². The fourth-order valence-electron chi connectivity index (χ4n) is 2.22. The van der Waals surface area contributed by atoms with Crippen LogP contribution < -0.4 is 5.32 Å². The zero-order chi connectivity index (χ0) is 18.2. The first-order chi connectivity index (χ1) is 11.2. The van der Waals surface area contributed by atoms with Crippen LogP contribution in [0.5, 0.6) is 0 Å². The Labute approximate surface area is 149 Å². The van der Waals surface area contributed by atoms with Gasteiger partial charge in [-0.15, -0.1) is 0 Å². The van der Waals surface area contributed by atoms with Gasteiger partial charge in [-0.3, -0.25) is 4.79 Å². The summed E-state index contributed by atoms with van der Waals surface area (Å²) in [5, 5.41) is 3.15. The molecule has 1 N–H and O–H groups in total. The van der Waals surface area contributed by atoms with Gasteiger partial charge in [0.2, 0.25) is 5.91 Å². The van der Waals surface area contributed by atoms with Crippen LogP contribution in [0.1, 0.15) is 52.5 Å². The average molecular weight is 350 g/mol. The number of rotatable bonds is 9. The number of nitrogens with one attached hydrogen (secondary N) is 1. The van der Waals surface area contributed by atoms with E-state index in [2.05, 4.69) is 58.2 Å². The molecule has 136 valence electrons. The zero-order valence-corrected chi connectivity index (χ0v) is 17.3. The molecule has 0 radical (unpaired) electrons. The van der Waals surface area contributed by atoms with Crippen LogP contribution in [0.25, 0.3) is 0 Å². The van der Waals surface area contributed by atoms with E-state index in [1.165, 1.54) is 5.56 Å². The van der Waals surface area contributed by atoms with E-state index in [0.29, 0.717) is 0 Å². The summed E-state index contributed by atoms with van der Waals surface area (Å²) < 4.78 is 6.44. The monoisotopic (exact) mass is 349 g/mol. The molecule has 3 nitrogen and oxygen atoms in total. The van der Waals surface area contributed by atoms with Crippen LogP contribution >= 0.6 is 0 Å². The van der Waals surface area contributed by atoms with Crippen molar-refractivity contribution in [1.29, 1.82) is 0 Å². The van der Waals surface area contributed by atoms with Gasteiger partial charge in [-0.1, -0.05) is 64.4 Å². The number of amides is 1. The molecule has 0 aliphatic rings. The summed E-state index contributed by atoms with van der Waals surface area (Å²) in [5.41, 5.74) is 1.25. The summed E-state index contributed by atoms with van der Waals surface area (Å²) in [6, 6.07) is 10.3. The predicted molar refractivity (Wildman–Crippen MR) is 105 cm³/mol. The Balaban J connectivity index is 2.76. The van der Waals surface area contributed by atoms with Crippen LogP contribution in [0.2, 0.25) is 18.1 Å². The smallest absolute Gasteiger partial charge is 0.247 e. The van der Waals surface area contributed by atoms with Gasteiger partial charge in [0.1, 0.15) is 6.10 Å². The largest absolute Gasteiger partial charge is 0.405 e. The summed E-state index contributed by atoms with van der Waals surface area (Å²) in [5.74, 6) is 0.0456. The lowest BCUT2D eigenvalue weighted by Crippen LogP contribution is -2.49. The van der Waals surface area contributed by atoms with E-state index in [9.17, 15) is 4.79 Å². The van der Waals surface area contributed by atoms with Crippen molar-refractivity contribution >= 4 is 14.2 Å². The maximum Gasteiger partial charge on any atom is 0.247 e. The third-order valence-electron chi connectivity index (χ3n) is 4.90. The van der Waals surface area contributed by atoms with Gasteiger partial charge in [0.05, 0.1) is 0 Å². The van der Waals surface area contributed by atoms with Crippen LogP contribution in [0.15, 0.2) is 30.3 Å². The molecule has 4 heteroatoms. The Morgan fingerprint density at radius 3 is 2.38 bits per heavy atom. The summed E-state index contributed by atoms with van der Waals surface area (Å²) >= 11 is 0. The molecule has 1 aromatic rings. The average Bonchev–Trinajstić information content (AvgIpc) is 2.51. The minimum atomic E-state index is -1.98. The Kier molecular flexibility index (Phi) is 8.17. The van der Waals surface area contributed by atoms with Gasteiger partial charge in [-0.2, -0.15) is 0 Å². The first-order valence-electron chi connectivity index (χ1n) is 9.17. The molecular formula is C20H35NO2Si. The van der Waals surface area contributed by atoms with Gasteiger partial charge in [0.15, 0.2) is 8.32 Å². The first-order valence-corrected chi connectivity index (χ1v) is 12.1. The van der Waals surface area contributed by atoms with Crippen molar-refractivity contribution in [2.75, 3.05) is 6.54 Å². The highest BCUT2D eigenvalue weighted by molar-refractivity contribution is 6.74. The maximum absolute atomic E-state index is 12.6. The van der Waals surface area contributed by atoms with Gasteiger partial charge >= 0.3 is 0 Å². The molecular weight excluding hydrogens is 314 g/mol. The van der Waals surface area contributed by atoms with E-state index < -0.39 is 8.32 Å². The molecule has 0 bridgehead atoms. The Hall–Kier alpha value is -1.13. The van der Waals surface area contributed by atoms with Gasteiger partial charge in [0.25, 0.3) is 0 Å². The fourth-order valence-corrected chi connectivity index (χ4v) is 3.51. The molecule has 0 heterocycles. The van der Waals surface area contributed by atoms with Crippen molar-refractivity contribution in [2.45, 2.75) is 77.6 Å². The number of aryl methyl sites for hydroxylation is 1. The van der Waals surface area contributed by atoms with E-state index in [-0.39, 0.29) is 17.0 Å². The second kappa shape index (κ2) is 9.38. The molecule has 0 saturated carbocycles. The number of carbonyl (C=O) groups excluding carboxylic acids is 1. The van der Waals surface area contributed by atoms with E-state index in [4.69, 9.17) is 4.43 Å². The van der Waals surface area contributed by atoms with Gasteiger partial charge in [-0.25, -0.2) is 0 Å². The summed E-state index contributed by atoms with van der Waals surface area (Å²) in [7, 11) is -1.98. The van der Waals surface area contributed by atoms with Crippen molar-refractivity contribution in [3.05, 3.63) is 35.9 Å². The lowest BCUT2D eigenvalue weighted by Gasteiger charge is -2.39. The second-order valence-corrected chi connectivity index (χ2v) is 12.8. The fraction of sp³-hybridized carbons (Fsp3) is 0.650. The molecule has 0 saturated heterocycles. The molecule has 1 unspecified atom stereocenters. The van der Waals surface area contributed by atoms with Crippen molar-refractivity contribution in [3.8, 4) is 0 Å². The highest BCUT2D eigenvalue weighted by Crippen LogP contribution is 2.37. The Bertz CT molecular complexity index is 494. The summed E-state index contributed by atoms with van der Waals surface area (Å²) in [4.78, 5) is 12.6. The number of carbonyl (C=O) groups is 1. The molecule has 1 atom stereocenters. The zero-order valence-electron chi connectivity index (χ0n) is 16.3. The molecule has 24 heavy (non-hydrogen) atoms. The topological polar surface area (TPSA) is 38.3 Å². The third-order valence-corrected chi connectivity index (χ3v) is 9.39. The molecule has 0 aliphatic heterocycles. The lowest BCUT2D eigenvalue weighted by molar-refractivity contribution is -0.128. The molecule has 1 aromatic carbocycles. The molecule has 0 fully saturated rings. The summed E-state index contributed by atoms with van der Waals surface area (Å²) in [6.07, 6.45) is 3.33. The number of hydrogen-bond donors (Lipinski definition) is 1. The van der Waals surface area contributed by atoms with Crippen LogP contribution in [0, 0.1) is 0 Å². The lowest BCUT2D eigenvalue weighted by atomic mass is 10.1. The predicted octanol–water partition coefficient (Wildman–Crippen LogP) is 4.93.